The quantitative estimate of drug-likeness (QED) is 0.182. The lowest BCUT2D eigenvalue weighted by atomic mass is 9.79. The van der Waals surface area contributed by atoms with E-state index in [0.29, 0.717) is 0 Å². The van der Waals surface area contributed by atoms with Gasteiger partial charge in [0.15, 0.2) is 5.58 Å². The van der Waals surface area contributed by atoms with Crippen LogP contribution in [0.5, 0.6) is 0 Å². The Bertz CT molecular complexity index is 3160. The van der Waals surface area contributed by atoms with E-state index in [0.717, 1.165) is 34.0 Å². The van der Waals surface area contributed by atoms with Crippen molar-refractivity contribution < 1.29 is 4.42 Å². The van der Waals surface area contributed by atoms with E-state index in [4.69, 9.17) is 4.42 Å². The fraction of sp³-hybridized carbons (Fsp3) is 0.115. The zero-order valence-electron chi connectivity index (χ0n) is 31.1. The minimum absolute atomic E-state index is 0.0634. The second-order valence-corrected chi connectivity index (χ2v) is 16.3. The first-order valence-corrected chi connectivity index (χ1v) is 19.4. The van der Waals surface area contributed by atoms with Crippen molar-refractivity contribution in [3.8, 4) is 16.8 Å². The highest BCUT2D eigenvalue weighted by molar-refractivity contribution is 6.19. The largest absolute Gasteiger partial charge is 0.454 e. The number of aromatic nitrogens is 1. The van der Waals surface area contributed by atoms with E-state index in [9.17, 15) is 0 Å². The Hall–Kier alpha value is -6.58. The molecule has 0 saturated carbocycles. The lowest BCUT2D eigenvalue weighted by Gasteiger charge is -2.39. The van der Waals surface area contributed by atoms with Gasteiger partial charge in [-0.2, -0.15) is 0 Å². The number of hydrogen-bond donors (Lipinski definition) is 0. The van der Waals surface area contributed by atoms with E-state index in [-0.39, 0.29) is 11.0 Å². The van der Waals surface area contributed by atoms with Gasteiger partial charge in [-0.05, 0) is 107 Å². The summed E-state index contributed by atoms with van der Waals surface area (Å²) in [5.41, 5.74) is 18.1. The number of furan rings is 1. The number of rotatable bonds is 3. The van der Waals surface area contributed by atoms with Gasteiger partial charge in [0, 0.05) is 43.9 Å². The van der Waals surface area contributed by atoms with Crippen LogP contribution in [0.25, 0.3) is 71.7 Å². The van der Waals surface area contributed by atoms with E-state index < -0.39 is 0 Å². The molecule has 55 heavy (non-hydrogen) atoms. The highest BCUT2D eigenvalue weighted by atomic mass is 16.3. The standard InChI is InChI=1S/C52H38N2O/c1-51(2)41-20-12-10-19-38(41)47-42(51)26-27-44-48(47)40-23-22-32(31-45(40)53(44)34-14-6-4-7-15-34)33-28-29-52(3)43(30-33)39-25-24-37-36-18-11-13-21-46(36)55-50(37)49(39)54(52)35-16-8-5-9-17-35/h4-28,30-31H,29H2,1-3H3. The SMILES string of the molecule is CC1(C)c2ccccc2-c2c1ccc1c2c2ccc(C3=CCC4(C)C(=C3)c3ccc5c(oc6ccccc65)c3N4c3ccccc3)cc2n1-c1ccccc1. The van der Waals surface area contributed by atoms with E-state index in [1.807, 2.05) is 0 Å². The number of fused-ring (bicyclic) bond motifs is 14. The van der Waals surface area contributed by atoms with Crippen LogP contribution in [0.3, 0.4) is 0 Å². The normalized spacial score (nSPS) is 18.1. The molecule has 9 aromatic rings. The van der Waals surface area contributed by atoms with E-state index >= 15 is 0 Å². The molecule has 0 spiro atoms. The summed E-state index contributed by atoms with van der Waals surface area (Å²) in [6.07, 6.45) is 5.76. The maximum absolute atomic E-state index is 6.72. The zero-order valence-corrected chi connectivity index (χ0v) is 31.1. The molecule has 3 aliphatic rings. The number of allylic oxidation sites excluding steroid dienone is 2. The van der Waals surface area contributed by atoms with E-state index in [1.165, 1.54) is 77.7 Å². The number of para-hydroxylation sites is 3. The number of anilines is 2. The molecule has 1 unspecified atom stereocenters. The van der Waals surface area contributed by atoms with Gasteiger partial charge < -0.3 is 13.9 Å². The molecule has 12 rings (SSSR count). The Balaban J connectivity index is 1.08. The van der Waals surface area contributed by atoms with Crippen molar-refractivity contribution in [1.29, 1.82) is 0 Å². The zero-order chi connectivity index (χ0) is 36.6. The first kappa shape index (κ1) is 30.8. The predicted octanol–water partition coefficient (Wildman–Crippen LogP) is 13.8. The Morgan fingerprint density at radius 1 is 0.582 bits per heavy atom. The summed E-state index contributed by atoms with van der Waals surface area (Å²) in [6.45, 7) is 7.13. The molecule has 7 aromatic carbocycles. The van der Waals surface area contributed by atoms with Gasteiger partial charge in [0.25, 0.3) is 0 Å². The van der Waals surface area contributed by atoms with Crippen LogP contribution in [0.4, 0.5) is 11.4 Å². The Kier molecular flexibility index (Phi) is 6.04. The molecule has 2 aliphatic carbocycles. The molecular formula is C52H38N2O. The maximum atomic E-state index is 6.72. The molecule has 3 heterocycles. The van der Waals surface area contributed by atoms with Crippen LogP contribution in [0.1, 0.15) is 49.4 Å². The molecule has 0 bridgehead atoms. The van der Waals surface area contributed by atoms with Gasteiger partial charge in [0.1, 0.15) is 5.58 Å². The minimum atomic E-state index is -0.287. The maximum Gasteiger partial charge on any atom is 0.159 e. The molecule has 1 aliphatic heterocycles. The molecule has 3 heteroatoms. The molecule has 3 nitrogen and oxygen atoms in total. The average Bonchev–Trinajstić information content (AvgIpc) is 3.91. The van der Waals surface area contributed by atoms with Crippen molar-refractivity contribution in [2.75, 3.05) is 4.90 Å². The van der Waals surface area contributed by atoms with Crippen LogP contribution in [0.2, 0.25) is 0 Å². The van der Waals surface area contributed by atoms with E-state index in [1.54, 1.807) is 0 Å². The second-order valence-electron chi connectivity index (χ2n) is 16.3. The summed E-state index contributed by atoms with van der Waals surface area (Å²) < 4.78 is 9.20. The third-order valence-electron chi connectivity index (χ3n) is 13.0. The van der Waals surface area contributed by atoms with Crippen LogP contribution in [0.15, 0.2) is 168 Å². The number of benzene rings is 7. The van der Waals surface area contributed by atoms with Crippen LogP contribution >= 0.6 is 0 Å². The summed E-state index contributed by atoms with van der Waals surface area (Å²) in [4.78, 5) is 2.53. The van der Waals surface area contributed by atoms with Gasteiger partial charge in [0.05, 0.1) is 22.3 Å². The van der Waals surface area contributed by atoms with Crippen molar-refractivity contribution >= 4 is 66.3 Å². The van der Waals surface area contributed by atoms with Crippen LogP contribution in [-0.4, -0.2) is 10.1 Å². The summed E-state index contributed by atoms with van der Waals surface area (Å²) in [6, 6.07) is 55.6. The molecule has 0 radical (unpaired) electrons. The summed E-state index contributed by atoms with van der Waals surface area (Å²) in [5.74, 6) is 0. The van der Waals surface area contributed by atoms with Gasteiger partial charge in [-0.25, -0.2) is 0 Å². The first-order chi connectivity index (χ1) is 26.9. The van der Waals surface area contributed by atoms with Crippen LogP contribution in [-0.2, 0) is 5.41 Å². The smallest absolute Gasteiger partial charge is 0.159 e. The third-order valence-corrected chi connectivity index (χ3v) is 13.0. The Morgan fingerprint density at radius 2 is 1.31 bits per heavy atom. The monoisotopic (exact) mass is 706 g/mol. The van der Waals surface area contributed by atoms with E-state index in [2.05, 4.69) is 194 Å². The third kappa shape index (κ3) is 4.00. The van der Waals surface area contributed by atoms with Gasteiger partial charge in [0.2, 0.25) is 0 Å². The molecule has 0 saturated heterocycles. The molecule has 0 N–H and O–H groups in total. The second kappa shape index (κ2) is 10.8. The van der Waals surface area contributed by atoms with Crippen molar-refractivity contribution in [1.82, 2.24) is 4.57 Å². The fourth-order valence-electron chi connectivity index (χ4n) is 10.4. The van der Waals surface area contributed by atoms with Gasteiger partial charge in [-0.1, -0.05) is 123 Å². The number of hydrogen-bond acceptors (Lipinski definition) is 2. The summed E-state index contributed by atoms with van der Waals surface area (Å²) >= 11 is 0. The molecule has 0 amide bonds. The lowest BCUT2D eigenvalue weighted by molar-refractivity contribution is 0.603. The molecular weight excluding hydrogens is 669 g/mol. The van der Waals surface area contributed by atoms with Gasteiger partial charge in [-0.3, -0.25) is 0 Å². The average molecular weight is 707 g/mol. The predicted molar refractivity (Wildman–Crippen MR) is 230 cm³/mol. The van der Waals surface area contributed by atoms with Crippen LogP contribution in [0, 0.1) is 0 Å². The number of nitrogens with zero attached hydrogens (tertiary/aromatic N) is 2. The summed E-state index contributed by atoms with van der Waals surface area (Å²) in [5, 5.41) is 4.93. The van der Waals surface area contributed by atoms with Crippen LogP contribution < -0.4 is 4.90 Å². The molecule has 1 atom stereocenters. The Labute approximate surface area is 320 Å². The first-order valence-electron chi connectivity index (χ1n) is 19.4. The van der Waals surface area contributed by atoms with Crippen molar-refractivity contribution in [2.24, 2.45) is 0 Å². The fourth-order valence-corrected chi connectivity index (χ4v) is 10.4. The minimum Gasteiger partial charge on any atom is -0.454 e. The molecule has 0 fully saturated rings. The molecule has 2 aromatic heterocycles. The van der Waals surface area contributed by atoms with Crippen molar-refractivity contribution in [3.63, 3.8) is 0 Å². The van der Waals surface area contributed by atoms with Gasteiger partial charge in [-0.15, -0.1) is 0 Å². The highest BCUT2D eigenvalue weighted by Gasteiger charge is 2.47. The molecule has 262 valence electrons. The van der Waals surface area contributed by atoms with Gasteiger partial charge >= 0.3 is 0 Å². The summed E-state index contributed by atoms with van der Waals surface area (Å²) in [7, 11) is 0. The highest BCUT2D eigenvalue weighted by Crippen LogP contribution is 2.58. The topological polar surface area (TPSA) is 21.3 Å². The van der Waals surface area contributed by atoms with Crippen molar-refractivity contribution in [3.05, 3.63) is 186 Å². The van der Waals surface area contributed by atoms with Crippen molar-refractivity contribution in [2.45, 2.75) is 38.1 Å². The lowest BCUT2D eigenvalue weighted by Crippen LogP contribution is -2.40. The Morgan fingerprint density at radius 3 is 2.15 bits per heavy atom.